The fourth-order valence-corrected chi connectivity index (χ4v) is 2.19. The fraction of sp³-hybridized carbons (Fsp3) is 0.333. The molecule has 1 aliphatic carbocycles. The third-order valence-corrected chi connectivity index (χ3v) is 3.41. The third-order valence-electron chi connectivity index (χ3n) is 3.41. The molecular weight excluding hydrogens is 280 g/mol. The van der Waals surface area contributed by atoms with Crippen LogP contribution >= 0.6 is 0 Å². The van der Waals surface area contributed by atoms with Crippen LogP contribution in [0.2, 0.25) is 0 Å². The predicted octanol–water partition coefficient (Wildman–Crippen LogP) is 3.48. The van der Waals surface area contributed by atoms with Gasteiger partial charge in [-0.15, -0.1) is 0 Å². The van der Waals surface area contributed by atoms with Gasteiger partial charge in [0.1, 0.15) is 17.8 Å². The predicted molar refractivity (Wildman–Crippen MR) is 84.0 cm³/mol. The monoisotopic (exact) mass is 300 g/mol. The van der Waals surface area contributed by atoms with E-state index in [0.717, 1.165) is 43.8 Å². The van der Waals surface area contributed by atoms with E-state index in [1.807, 2.05) is 18.2 Å². The van der Waals surface area contributed by atoms with E-state index in [9.17, 15) is 9.59 Å². The van der Waals surface area contributed by atoms with Gasteiger partial charge in [0, 0.05) is 5.57 Å². The van der Waals surface area contributed by atoms with Crippen molar-refractivity contribution in [3.63, 3.8) is 0 Å². The first-order valence-electron chi connectivity index (χ1n) is 7.50. The van der Waals surface area contributed by atoms with Gasteiger partial charge < -0.3 is 9.47 Å². The average Bonchev–Trinajstić information content (AvgIpc) is 2.58. The van der Waals surface area contributed by atoms with E-state index in [1.54, 1.807) is 18.2 Å². The Bertz CT molecular complexity index is 572. The van der Waals surface area contributed by atoms with Gasteiger partial charge in [-0.2, -0.15) is 0 Å². The Morgan fingerprint density at radius 2 is 1.77 bits per heavy atom. The topological polar surface area (TPSA) is 52.6 Å². The van der Waals surface area contributed by atoms with Gasteiger partial charge >= 0.3 is 0 Å². The summed E-state index contributed by atoms with van der Waals surface area (Å²) in [6.45, 7) is 1.08. The molecule has 1 aliphatic rings. The lowest BCUT2D eigenvalue weighted by atomic mass is 10.1. The Morgan fingerprint density at radius 1 is 1.00 bits per heavy atom. The number of hydrogen-bond donors (Lipinski definition) is 0. The van der Waals surface area contributed by atoms with E-state index in [-0.39, 0.29) is 0 Å². The minimum absolute atomic E-state index is 0.531. The Kier molecular flexibility index (Phi) is 6.42. The lowest BCUT2D eigenvalue weighted by Gasteiger charge is -2.13. The molecule has 22 heavy (non-hydrogen) atoms. The molecule has 0 unspecified atom stereocenters. The molecule has 0 heterocycles. The van der Waals surface area contributed by atoms with Gasteiger partial charge in [-0.1, -0.05) is 18.2 Å². The first kappa shape index (κ1) is 16.0. The van der Waals surface area contributed by atoms with E-state index in [2.05, 4.69) is 0 Å². The molecule has 0 aromatic heterocycles. The molecule has 0 bridgehead atoms. The average molecular weight is 300 g/mol. The zero-order valence-electron chi connectivity index (χ0n) is 12.5. The van der Waals surface area contributed by atoms with E-state index in [4.69, 9.17) is 9.47 Å². The number of aldehydes is 2. The zero-order valence-corrected chi connectivity index (χ0v) is 12.5. The fourth-order valence-electron chi connectivity index (χ4n) is 2.19. The summed E-state index contributed by atoms with van der Waals surface area (Å²) in [7, 11) is 0. The highest BCUT2D eigenvalue weighted by Gasteiger charge is 2.08. The van der Waals surface area contributed by atoms with Crippen LogP contribution in [0.25, 0.3) is 0 Å². The molecule has 0 atom stereocenters. The number of ether oxygens (including phenoxy) is 2. The number of benzene rings is 1. The molecule has 0 radical (unpaired) electrons. The SMILES string of the molecule is O=CC1=C(OCCCCOc2ccccc2C=O)C=CCC1. The van der Waals surface area contributed by atoms with Gasteiger partial charge in [0.2, 0.25) is 0 Å². The molecule has 4 heteroatoms. The second kappa shape index (κ2) is 8.82. The number of rotatable bonds is 9. The maximum Gasteiger partial charge on any atom is 0.153 e. The van der Waals surface area contributed by atoms with Gasteiger partial charge in [-0.25, -0.2) is 0 Å². The third kappa shape index (κ3) is 4.58. The van der Waals surface area contributed by atoms with E-state index in [1.165, 1.54) is 0 Å². The normalized spacial score (nSPS) is 13.8. The lowest BCUT2D eigenvalue weighted by Crippen LogP contribution is -2.04. The summed E-state index contributed by atoms with van der Waals surface area (Å²) in [5.41, 5.74) is 1.30. The first-order valence-corrected chi connectivity index (χ1v) is 7.50. The maximum absolute atomic E-state index is 10.9. The number of carbonyl (C=O) groups is 2. The van der Waals surface area contributed by atoms with Crippen LogP contribution in [0.4, 0.5) is 0 Å². The second-order valence-corrected chi connectivity index (χ2v) is 5.01. The molecule has 0 amide bonds. The highest BCUT2D eigenvalue weighted by molar-refractivity contribution is 5.79. The molecule has 0 spiro atoms. The van der Waals surface area contributed by atoms with Crippen molar-refractivity contribution in [1.82, 2.24) is 0 Å². The molecule has 0 N–H and O–H groups in total. The van der Waals surface area contributed by atoms with Crippen LogP contribution in [0.3, 0.4) is 0 Å². The quantitative estimate of drug-likeness (QED) is 0.517. The summed E-state index contributed by atoms with van der Waals surface area (Å²) in [5.74, 6) is 1.30. The standard InChI is InChI=1S/C18H20O4/c19-13-15-7-1-3-9-17(15)21-11-5-6-12-22-18-10-4-2-8-16(18)14-20/h1,3-4,7,9-10,13-14H,2,5-6,8,11-12H2. The first-order chi connectivity index (χ1) is 10.8. The van der Waals surface area contributed by atoms with Crippen LogP contribution in [-0.2, 0) is 9.53 Å². The molecule has 2 rings (SSSR count). The van der Waals surface area contributed by atoms with Crippen molar-refractivity contribution in [1.29, 1.82) is 0 Å². The van der Waals surface area contributed by atoms with Crippen LogP contribution in [0, 0.1) is 0 Å². The summed E-state index contributed by atoms with van der Waals surface area (Å²) in [5, 5.41) is 0. The van der Waals surface area contributed by atoms with Crippen molar-refractivity contribution in [3.05, 3.63) is 53.3 Å². The van der Waals surface area contributed by atoms with Crippen molar-refractivity contribution in [3.8, 4) is 5.75 Å². The summed E-state index contributed by atoms with van der Waals surface area (Å²) in [6.07, 6.45) is 8.84. The largest absolute Gasteiger partial charge is 0.493 e. The molecule has 1 aromatic rings. The second-order valence-electron chi connectivity index (χ2n) is 5.01. The number of hydrogen-bond acceptors (Lipinski definition) is 4. The van der Waals surface area contributed by atoms with Crippen LogP contribution in [0.1, 0.15) is 36.0 Å². The Labute approximate surface area is 130 Å². The van der Waals surface area contributed by atoms with E-state index >= 15 is 0 Å². The van der Waals surface area contributed by atoms with Gasteiger partial charge in [0.15, 0.2) is 6.29 Å². The zero-order chi connectivity index (χ0) is 15.6. The Hall–Kier alpha value is -2.36. The number of allylic oxidation sites excluding steroid dienone is 3. The van der Waals surface area contributed by atoms with Crippen LogP contribution in [0.15, 0.2) is 47.7 Å². The van der Waals surface area contributed by atoms with Crippen molar-refractivity contribution < 1.29 is 19.1 Å². The summed E-state index contributed by atoms with van der Waals surface area (Å²) < 4.78 is 11.2. The van der Waals surface area contributed by atoms with Crippen molar-refractivity contribution >= 4 is 12.6 Å². The minimum atomic E-state index is 0.531. The highest BCUT2D eigenvalue weighted by Crippen LogP contribution is 2.19. The van der Waals surface area contributed by atoms with E-state index in [0.29, 0.717) is 30.3 Å². The number of unbranched alkanes of at least 4 members (excludes halogenated alkanes) is 1. The van der Waals surface area contributed by atoms with E-state index < -0.39 is 0 Å². The highest BCUT2D eigenvalue weighted by atomic mass is 16.5. The van der Waals surface area contributed by atoms with Gasteiger partial charge in [0.25, 0.3) is 0 Å². The van der Waals surface area contributed by atoms with Crippen LogP contribution in [-0.4, -0.2) is 25.8 Å². The minimum Gasteiger partial charge on any atom is -0.493 e. The van der Waals surface area contributed by atoms with Crippen LogP contribution in [0.5, 0.6) is 5.75 Å². The van der Waals surface area contributed by atoms with Gasteiger partial charge in [0.05, 0.1) is 18.8 Å². The summed E-state index contributed by atoms with van der Waals surface area (Å²) in [4.78, 5) is 21.8. The van der Waals surface area contributed by atoms with Crippen molar-refractivity contribution in [2.24, 2.45) is 0 Å². The molecule has 0 saturated heterocycles. The molecule has 1 aromatic carbocycles. The van der Waals surface area contributed by atoms with Crippen molar-refractivity contribution in [2.75, 3.05) is 13.2 Å². The summed E-state index contributed by atoms with van der Waals surface area (Å²) >= 11 is 0. The molecule has 0 fully saturated rings. The molecular formula is C18H20O4. The molecule has 116 valence electrons. The molecule has 0 aliphatic heterocycles. The number of carbonyl (C=O) groups excluding carboxylic acids is 2. The van der Waals surface area contributed by atoms with Gasteiger partial charge in [-0.3, -0.25) is 9.59 Å². The Balaban J connectivity index is 1.67. The molecule has 4 nitrogen and oxygen atoms in total. The maximum atomic E-state index is 10.9. The summed E-state index contributed by atoms with van der Waals surface area (Å²) in [6, 6.07) is 7.16. The van der Waals surface area contributed by atoms with Gasteiger partial charge in [-0.05, 0) is 43.9 Å². The Morgan fingerprint density at radius 3 is 2.55 bits per heavy atom. The van der Waals surface area contributed by atoms with Crippen LogP contribution < -0.4 is 4.74 Å². The number of para-hydroxylation sites is 1. The molecule has 0 saturated carbocycles. The van der Waals surface area contributed by atoms with Crippen molar-refractivity contribution in [2.45, 2.75) is 25.7 Å². The lowest BCUT2D eigenvalue weighted by molar-refractivity contribution is -0.105. The smallest absolute Gasteiger partial charge is 0.153 e.